The van der Waals surface area contributed by atoms with E-state index in [-0.39, 0.29) is 5.38 Å². The molecule has 0 saturated heterocycles. The van der Waals surface area contributed by atoms with E-state index in [1.54, 1.807) is 0 Å². The zero-order valence-electron chi connectivity index (χ0n) is 9.95. The van der Waals surface area contributed by atoms with Gasteiger partial charge in [0.2, 0.25) is 0 Å². The smallest absolute Gasteiger partial charge is 0.123 e. The van der Waals surface area contributed by atoms with E-state index in [2.05, 4.69) is 32.0 Å². The van der Waals surface area contributed by atoms with Gasteiger partial charge in [0.1, 0.15) is 11.9 Å². The van der Waals surface area contributed by atoms with Crippen LogP contribution in [-0.4, -0.2) is 11.5 Å². The zero-order chi connectivity index (χ0) is 11.5. The molecule has 1 aliphatic rings. The normalized spacial score (nSPS) is 22.3. The fourth-order valence-corrected chi connectivity index (χ4v) is 2.79. The zero-order valence-corrected chi connectivity index (χ0v) is 10.7. The summed E-state index contributed by atoms with van der Waals surface area (Å²) >= 11 is 6.01. The number of fused-ring (bicyclic) bond motifs is 1. The molecule has 0 fully saturated rings. The molecule has 3 unspecified atom stereocenters. The van der Waals surface area contributed by atoms with Crippen LogP contribution in [0, 0.1) is 5.92 Å². The van der Waals surface area contributed by atoms with E-state index in [4.69, 9.17) is 16.3 Å². The lowest BCUT2D eigenvalue weighted by atomic mass is 9.96. The molecule has 88 valence electrons. The van der Waals surface area contributed by atoms with Crippen molar-refractivity contribution in [3.05, 3.63) is 29.8 Å². The highest BCUT2D eigenvalue weighted by atomic mass is 35.5. The lowest BCUT2D eigenvalue weighted by Crippen LogP contribution is -2.18. The van der Waals surface area contributed by atoms with E-state index in [1.165, 1.54) is 5.56 Å². The molecule has 2 rings (SSSR count). The summed E-state index contributed by atoms with van der Waals surface area (Å²) in [4.78, 5) is 0. The number of ether oxygens (including phenoxy) is 1. The third kappa shape index (κ3) is 2.91. The average molecular weight is 239 g/mol. The predicted molar refractivity (Wildman–Crippen MR) is 68.3 cm³/mol. The lowest BCUT2D eigenvalue weighted by molar-refractivity contribution is 0.195. The van der Waals surface area contributed by atoms with Gasteiger partial charge in [-0.25, -0.2) is 0 Å². The molecule has 0 aromatic heterocycles. The van der Waals surface area contributed by atoms with Crippen molar-refractivity contribution < 1.29 is 4.74 Å². The Morgan fingerprint density at radius 2 is 2.12 bits per heavy atom. The van der Waals surface area contributed by atoms with Gasteiger partial charge in [-0.2, -0.15) is 0 Å². The van der Waals surface area contributed by atoms with Crippen LogP contribution in [0.5, 0.6) is 5.75 Å². The maximum Gasteiger partial charge on any atom is 0.123 e. The second kappa shape index (κ2) is 5.09. The van der Waals surface area contributed by atoms with Crippen molar-refractivity contribution >= 4 is 11.6 Å². The fraction of sp³-hybridized carbons (Fsp3) is 0.571. The standard InChI is InChI=1S/C14H19ClO/c1-10(7-11(2)15)8-13-9-12-5-3-4-6-14(12)16-13/h3-6,10-11,13H,7-9H2,1-2H3. The van der Waals surface area contributed by atoms with Gasteiger partial charge in [-0.3, -0.25) is 0 Å². The monoisotopic (exact) mass is 238 g/mol. The van der Waals surface area contributed by atoms with Crippen molar-refractivity contribution in [2.24, 2.45) is 5.92 Å². The Morgan fingerprint density at radius 3 is 2.81 bits per heavy atom. The van der Waals surface area contributed by atoms with Crippen molar-refractivity contribution in [2.75, 3.05) is 0 Å². The van der Waals surface area contributed by atoms with Crippen LogP contribution < -0.4 is 4.74 Å². The maximum atomic E-state index is 6.01. The van der Waals surface area contributed by atoms with Crippen molar-refractivity contribution in [3.8, 4) is 5.75 Å². The predicted octanol–water partition coefficient (Wildman–Crippen LogP) is 4.03. The minimum Gasteiger partial charge on any atom is -0.490 e. The number of para-hydroxylation sites is 1. The molecule has 0 aliphatic carbocycles. The second-order valence-electron chi connectivity index (χ2n) is 4.91. The summed E-state index contributed by atoms with van der Waals surface area (Å²) in [5.41, 5.74) is 1.35. The van der Waals surface area contributed by atoms with Gasteiger partial charge in [0.05, 0.1) is 0 Å². The first-order valence-electron chi connectivity index (χ1n) is 6.03. The Bertz CT molecular complexity index is 323. The molecule has 1 aromatic carbocycles. The molecular weight excluding hydrogens is 220 g/mol. The number of alkyl halides is 1. The molecular formula is C14H19ClO. The lowest BCUT2D eigenvalue weighted by Gasteiger charge is -2.17. The van der Waals surface area contributed by atoms with E-state index in [0.717, 1.165) is 25.0 Å². The average Bonchev–Trinajstić information content (AvgIpc) is 2.57. The molecule has 1 aliphatic heterocycles. The van der Waals surface area contributed by atoms with E-state index in [9.17, 15) is 0 Å². The van der Waals surface area contributed by atoms with Gasteiger partial charge in [0, 0.05) is 11.8 Å². The van der Waals surface area contributed by atoms with Crippen LogP contribution in [0.25, 0.3) is 0 Å². The molecule has 3 atom stereocenters. The van der Waals surface area contributed by atoms with Crippen molar-refractivity contribution in [3.63, 3.8) is 0 Å². The van der Waals surface area contributed by atoms with Crippen LogP contribution >= 0.6 is 11.6 Å². The van der Waals surface area contributed by atoms with E-state index < -0.39 is 0 Å². The highest BCUT2D eigenvalue weighted by molar-refractivity contribution is 6.20. The Labute approximate surface area is 103 Å². The third-order valence-corrected chi connectivity index (χ3v) is 3.28. The topological polar surface area (TPSA) is 9.23 Å². The van der Waals surface area contributed by atoms with Gasteiger partial charge in [-0.05, 0) is 37.3 Å². The minimum atomic E-state index is 0.263. The van der Waals surface area contributed by atoms with Crippen LogP contribution in [-0.2, 0) is 6.42 Å². The van der Waals surface area contributed by atoms with Gasteiger partial charge in [0.25, 0.3) is 0 Å². The Hall–Kier alpha value is -0.690. The molecule has 0 N–H and O–H groups in total. The molecule has 0 radical (unpaired) electrons. The SMILES string of the molecule is CC(Cl)CC(C)CC1Cc2ccccc2O1. The maximum absolute atomic E-state index is 6.01. The molecule has 0 spiro atoms. The Balaban J connectivity index is 1.87. The molecule has 0 amide bonds. The summed E-state index contributed by atoms with van der Waals surface area (Å²) in [5, 5.41) is 0.263. The molecule has 2 heteroatoms. The first-order valence-corrected chi connectivity index (χ1v) is 6.47. The highest BCUT2D eigenvalue weighted by Crippen LogP contribution is 2.31. The summed E-state index contributed by atoms with van der Waals surface area (Å²) in [6.45, 7) is 4.31. The van der Waals surface area contributed by atoms with Crippen LogP contribution in [0.1, 0.15) is 32.3 Å². The van der Waals surface area contributed by atoms with Gasteiger partial charge >= 0.3 is 0 Å². The van der Waals surface area contributed by atoms with Crippen LogP contribution in [0.15, 0.2) is 24.3 Å². The first-order chi connectivity index (χ1) is 7.65. The van der Waals surface area contributed by atoms with Crippen LogP contribution in [0.4, 0.5) is 0 Å². The summed E-state index contributed by atoms with van der Waals surface area (Å²) in [6, 6.07) is 8.33. The summed E-state index contributed by atoms with van der Waals surface area (Å²) in [7, 11) is 0. The number of hydrogen-bond donors (Lipinski definition) is 0. The van der Waals surface area contributed by atoms with Crippen LogP contribution in [0.2, 0.25) is 0 Å². The summed E-state index contributed by atoms with van der Waals surface area (Å²) < 4.78 is 5.92. The molecule has 1 heterocycles. The molecule has 1 nitrogen and oxygen atoms in total. The summed E-state index contributed by atoms with van der Waals surface area (Å²) in [5.74, 6) is 1.70. The molecule has 0 bridgehead atoms. The second-order valence-corrected chi connectivity index (χ2v) is 5.65. The molecule has 1 aromatic rings. The van der Waals surface area contributed by atoms with E-state index in [0.29, 0.717) is 12.0 Å². The van der Waals surface area contributed by atoms with Gasteiger partial charge in [-0.15, -0.1) is 11.6 Å². The minimum absolute atomic E-state index is 0.263. The van der Waals surface area contributed by atoms with Crippen molar-refractivity contribution in [1.82, 2.24) is 0 Å². The van der Waals surface area contributed by atoms with E-state index >= 15 is 0 Å². The van der Waals surface area contributed by atoms with Gasteiger partial charge in [-0.1, -0.05) is 25.1 Å². The number of halogens is 1. The Kier molecular flexibility index (Phi) is 3.75. The number of rotatable bonds is 4. The largest absolute Gasteiger partial charge is 0.490 e. The van der Waals surface area contributed by atoms with E-state index in [1.807, 2.05) is 6.07 Å². The molecule has 0 saturated carbocycles. The first kappa shape index (κ1) is 11.8. The van der Waals surface area contributed by atoms with Crippen LogP contribution in [0.3, 0.4) is 0 Å². The summed E-state index contributed by atoms with van der Waals surface area (Å²) in [6.07, 6.45) is 3.57. The molecule has 16 heavy (non-hydrogen) atoms. The highest BCUT2D eigenvalue weighted by Gasteiger charge is 2.24. The fourth-order valence-electron chi connectivity index (χ4n) is 2.48. The number of hydrogen-bond acceptors (Lipinski definition) is 1. The number of benzene rings is 1. The third-order valence-electron chi connectivity index (χ3n) is 3.11. The van der Waals surface area contributed by atoms with Crippen molar-refractivity contribution in [1.29, 1.82) is 0 Å². The quantitative estimate of drug-likeness (QED) is 0.720. The van der Waals surface area contributed by atoms with Gasteiger partial charge < -0.3 is 4.74 Å². The van der Waals surface area contributed by atoms with Gasteiger partial charge in [0.15, 0.2) is 0 Å². The Morgan fingerprint density at radius 1 is 1.38 bits per heavy atom. The van der Waals surface area contributed by atoms with Crippen molar-refractivity contribution in [2.45, 2.75) is 44.6 Å².